The normalized spacial score (nSPS) is 29.7. The minimum atomic E-state index is -0.0118. The smallest absolute Gasteiger partial charge is 0.255 e. The summed E-state index contributed by atoms with van der Waals surface area (Å²) in [6, 6.07) is 2.20. The van der Waals surface area contributed by atoms with Gasteiger partial charge < -0.3 is 9.26 Å². The molecular weight excluding hydrogens is 286 g/mol. The third-order valence-corrected chi connectivity index (χ3v) is 5.17. The van der Waals surface area contributed by atoms with E-state index in [4.69, 9.17) is 9.26 Å². The maximum atomic E-state index is 6.18. The third-order valence-electron chi connectivity index (χ3n) is 4.44. The van der Waals surface area contributed by atoms with Crippen LogP contribution in [0.1, 0.15) is 36.2 Å². The van der Waals surface area contributed by atoms with Gasteiger partial charge in [0, 0.05) is 13.1 Å². The summed E-state index contributed by atoms with van der Waals surface area (Å²) in [6.07, 6.45) is 2.49. The van der Waals surface area contributed by atoms with Crippen molar-refractivity contribution in [3.8, 4) is 0 Å². The number of thiophene rings is 1. The van der Waals surface area contributed by atoms with Crippen molar-refractivity contribution in [2.75, 3.05) is 13.1 Å². The molecule has 2 aromatic heterocycles. The van der Waals surface area contributed by atoms with Crippen LogP contribution in [0.15, 0.2) is 21.3 Å². The number of ether oxygens (including phenoxy) is 1. The van der Waals surface area contributed by atoms with Crippen molar-refractivity contribution in [1.29, 1.82) is 0 Å². The van der Waals surface area contributed by atoms with E-state index in [0.29, 0.717) is 23.7 Å². The molecule has 0 radical (unpaired) electrons. The molecule has 0 N–H and O–H groups in total. The van der Waals surface area contributed by atoms with Crippen molar-refractivity contribution < 1.29 is 9.26 Å². The van der Waals surface area contributed by atoms with Crippen LogP contribution in [0.5, 0.6) is 0 Å². The molecule has 2 fully saturated rings. The Balaban J connectivity index is 1.40. The molecule has 4 rings (SSSR count). The molecule has 0 saturated carbocycles. The molecule has 0 amide bonds. The summed E-state index contributed by atoms with van der Waals surface area (Å²) in [5, 5.41) is 8.24. The molecular formula is C15H19N3O2S. The van der Waals surface area contributed by atoms with Gasteiger partial charge in [-0.2, -0.15) is 16.3 Å². The first kappa shape index (κ1) is 13.4. The van der Waals surface area contributed by atoms with Gasteiger partial charge in [-0.05, 0) is 54.6 Å². The lowest BCUT2D eigenvalue weighted by Gasteiger charge is -2.33. The molecule has 0 bridgehead atoms. The van der Waals surface area contributed by atoms with Crippen LogP contribution in [0, 0.1) is 12.8 Å². The van der Waals surface area contributed by atoms with E-state index in [1.165, 1.54) is 12.0 Å². The molecule has 2 aliphatic heterocycles. The van der Waals surface area contributed by atoms with Crippen molar-refractivity contribution >= 4 is 11.3 Å². The molecule has 112 valence electrons. The van der Waals surface area contributed by atoms with Crippen molar-refractivity contribution in [3.05, 3.63) is 34.1 Å². The van der Waals surface area contributed by atoms with Crippen molar-refractivity contribution in [2.24, 2.45) is 5.92 Å². The predicted octanol–water partition coefficient (Wildman–Crippen LogP) is 2.79. The van der Waals surface area contributed by atoms with Gasteiger partial charge in [-0.25, -0.2) is 0 Å². The second kappa shape index (κ2) is 5.51. The lowest BCUT2D eigenvalue weighted by molar-refractivity contribution is -0.0189. The van der Waals surface area contributed by atoms with Gasteiger partial charge in [0.2, 0.25) is 0 Å². The van der Waals surface area contributed by atoms with Gasteiger partial charge in [0.1, 0.15) is 6.10 Å². The third kappa shape index (κ3) is 2.75. The highest BCUT2D eigenvalue weighted by molar-refractivity contribution is 7.07. The summed E-state index contributed by atoms with van der Waals surface area (Å²) in [5.74, 6) is 1.95. The average molecular weight is 305 g/mol. The molecule has 2 saturated heterocycles. The number of aryl methyl sites for hydroxylation is 1. The molecule has 5 nitrogen and oxygen atoms in total. The molecule has 21 heavy (non-hydrogen) atoms. The molecule has 0 aromatic carbocycles. The maximum Gasteiger partial charge on any atom is 0.255 e. The molecule has 0 unspecified atom stereocenters. The van der Waals surface area contributed by atoms with Crippen LogP contribution >= 0.6 is 11.3 Å². The maximum absolute atomic E-state index is 6.18. The van der Waals surface area contributed by atoms with Gasteiger partial charge >= 0.3 is 0 Å². The van der Waals surface area contributed by atoms with E-state index in [2.05, 4.69) is 31.9 Å². The van der Waals surface area contributed by atoms with Gasteiger partial charge in [0.25, 0.3) is 5.89 Å². The number of hydrogen-bond donors (Lipinski definition) is 0. The van der Waals surface area contributed by atoms with Crippen LogP contribution in [0.2, 0.25) is 0 Å². The zero-order valence-electron chi connectivity index (χ0n) is 12.1. The summed E-state index contributed by atoms with van der Waals surface area (Å²) in [6.45, 7) is 5.03. The van der Waals surface area contributed by atoms with Crippen molar-refractivity contribution in [1.82, 2.24) is 15.0 Å². The fraction of sp³-hybridized carbons (Fsp3) is 0.600. The molecule has 0 spiro atoms. The molecule has 2 aliphatic rings. The summed E-state index contributed by atoms with van der Waals surface area (Å²) < 4.78 is 11.4. The molecule has 6 heteroatoms. The Morgan fingerprint density at radius 3 is 3.19 bits per heavy atom. The Kier molecular flexibility index (Phi) is 3.52. The van der Waals surface area contributed by atoms with Crippen molar-refractivity contribution in [3.63, 3.8) is 0 Å². The van der Waals surface area contributed by atoms with Crippen molar-refractivity contribution in [2.45, 2.75) is 38.5 Å². The fourth-order valence-corrected chi connectivity index (χ4v) is 4.04. The number of likely N-dealkylation sites (tertiary alicyclic amines) is 1. The quantitative estimate of drug-likeness (QED) is 0.873. The van der Waals surface area contributed by atoms with E-state index in [9.17, 15) is 0 Å². The summed E-state index contributed by atoms with van der Waals surface area (Å²) in [5.41, 5.74) is 1.40. The van der Waals surface area contributed by atoms with E-state index in [-0.39, 0.29) is 6.10 Å². The number of piperidine rings is 1. The van der Waals surface area contributed by atoms with Crippen LogP contribution in [0.3, 0.4) is 0 Å². The van der Waals surface area contributed by atoms with Gasteiger partial charge in [0.05, 0.1) is 6.10 Å². The van der Waals surface area contributed by atoms with Gasteiger partial charge in [0.15, 0.2) is 5.82 Å². The number of rotatable bonds is 3. The van der Waals surface area contributed by atoms with Crippen LogP contribution in [0.4, 0.5) is 0 Å². The van der Waals surface area contributed by atoms with Gasteiger partial charge in [-0.1, -0.05) is 5.16 Å². The van der Waals surface area contributed by atoms with Crippen LogP contribution in [0.25, 0.3) is 0 Å². The summed E-state index contributed by atoms with van der Waals surface area (Å²) in [4.78, 5) is 6.81. The Morgan fingerprint density at radius 1 is 1.48 bits per heavy atom. The second-order valence-electron chi connectivity index (χ2n) is 5.99. The Bertz CT molecular complexity index is 598. The average Bonchev–Trinajstić information content (AvgIpc) is 3.18. The fourth-order valence-electron chi connectivity index (χ4n) is 3.38. The number of hydrogen-bond acceptors (Lipinski definition) is 6. The van der Waals surface area contributed by atoms with E-state index in [1.807, 2.05) is 6.92 Å². The van der Waals surface area contributed by atoms with E-state index < -0.39 is 0 Å². The standard InChI is InChI=1S/C15H19N3O2S/c1-10-16-15(20-17-10)13-6-12-2-4-18(8-14(12)19-13)7-11-3-5-21-9-11/h3,5,9,12-14H,2,4,6-8H2,1H3/t12-,13+,14+/m1/s1. The first-order valence-electron chi connectivity index (χ1n) is 7.47. The van der Waals surface area contributed by atoms with Crippen LogP contribution in [-0.4, -0.2) is 34.2 Å². The number of fused-ring (bicyclic) bond motifs is 1. The molecule has 2 aromatic rings. The van der Waals surface area contributed by atoms with Gasteiger partial charge in [-0.15, -0.1) is 0 Å². The van der Waals surface area contributed by atoms with Crippen LogP contribution < -0.4 is 0 Å². The van der Waals surface area contributed by atoms with E-state index in [0.717, 1.165) is 26.1 Å². The lowest BCUT2D eigenvalue weighted by Crippen LogP contribution is -2.41. The molecule has 3 atom stereocenters. The first-order chi connectivity index (χ1) is 10.3. The largest absolute Gasteiger partial charge is 0.364 e. The van der Waals surface area contributed by atoms with E-state index >= 15 is 0 Å². The SMILES string of the molecule is Cc1noc([C@@H]2C[C@H]3CCN(Cc4ccsc4)C[C@@H]3O2)n1. The Labute approximate surface area is 127 Å². The lowest BCUT2D eigenvalue weighted by atomic mass is 9.91. The highest BCUT2D eigenvalue weighted by Gasteiger charge is 2.41. The Morgan fingerprint density at radius 2 is 2.43 bits per heavy atom. The highest BCUT2D eigenvalue weighted by atomic mass is 32.1. The minimum absolute atomic E-state index is 0.0118. The summed E-state index contributed by atoms with van der Waals surface area (Å²) in [7, 11) is 0. The number of aromatic nitrogens is 2. The zero-order valence-corrected chi connectivity index (χ0v) is 12.9. The van der Waals surface area contributed by atoms with Gasteiger partial charge in [-0.3, -0.25) is 4.90 Å². The molecule has 4 heterocycles. The monoisotopic (exact) mass is 305 g/mol. The Hall–Kier alpha value is -1.24. The zero-order chi connectivity index (χ0) is 14.2. The molecule has 0 aliphatic carbocycles. The topological polar surface area (TPSA) is 51.4 Å². The second-order valence-corrected chi connectivity index (χ2v) is 6.77. The predicted molar refractivity (Wildman–Crippen MR) is 79.0 cm³/mol. The highest BCUT2D eigenvalue weighted by Crippen LogP contribution is 2.40. The minimum Gasteiger partial charge on any atom is -0.364 e. The first-order valence-corrected chi connectivity index (χ1v) is 8.41. The van der Waals surface area contributed by atoms with E-state index in [1.54, 1.807) is 11.3 Å². The number of nitrogens with zero attached hydrogens (tertiary/aromatic N) is 3. The summed E-state index contributed by atoms with van der Waals surface area (Å²) >= 11 is 1.76. The van der Waals surface area contributed by atoms with Crippen LogP contribution in [-0.2, 0) is 11.3 Å².